The van der Waals surface area contributed by atoms with Crippen molar-refractivity contribution in [1.29, 1.82) is 0 Å². The Morgan fingerprint density at radius 1 is 1.17 bits per heavy atom. The van der Waals surface area contributed by atoms with Crippen molar-refractivity contribution in [1.82, 2.24) is 0 Å². The quantitative estimate of drug-likeness (QED) is 0.564. The second-order valence-corrected chi connectivity index (χ2v) is 8.37. The highest BCUT2D eigenvalue weighted by molar-refractivity contribution is 5.39. The van der Waals surface area contributed by atoms with Gasteiger partial charge in [0.1, 0.15) is 11.5 Å². The monoisotopic (exact) mass is 314 g/mol. The minimum absolute atomic E-state index is 0.147. The molecule has 0 saturated heterocycles. The molecule has 1 fully saturated rings. The van der Waals surface area contributed by atoms with E-state index in [1.165, 1.54) is 25.7 Å². The Labute approximate surface area is 140 Å². The van der Waals surface area contributed by atoms with Gasteiger partial charge in [-0.2, -0.15) is 0 Å². The molecule has 126 valence electrons. The first kappa shape index (κ1) is 16.4. The zero-order chi connectivity index (χ0) is 16.8. The molecule has 4 atom stereocenters. The summed E-state index contributed by atoms with van der Waals surface area (Å²) in [6.45, 7) is 9.51. The van der Waals surface area contributed by atoms with Crippen LogP contribution >= 0.6 is 0 Å². The second kappa shape index (κ2) is 5.58. The lowest BCUT2D eigenvalue weighted by molar-refractivity contribution is -0.0412. The Hall–Kier alpha value is -1.44. The molecule has 1 saturated carbocycles. The van der Waals surface area contributed by atoms with Crippen molar-refractivity contribution in [2.24, 2.45) is 22.7 Å². The Bertz CT molecular complexity index is 633. The molecule has 0 spiro atoms. The maximum absolute atomic E-state index is 10.3. The van der Waals surface area contributed by atoms with E-state index in [9.17, 15) is 10.2 Å². The van der Waals surface area contributed by atoms with E-state index < -0.39 is 0 Å². The van der Waals surface area contributed by atoms with Crippen molar-refractivity contribution in [2.45, 2.75) is 59.8 Å². The predicted octanol–water partition coefficient (Wildman–Crippen LogP) is 5.44. The molecule has 0 amide bonds. The SMILES string of the molecule is CC1=CCC[C@@H]2[C@](C)(Cc3cc(O)ccc3O)[C@@H](C)CC[C@@]12C. The van der Waals surface area contributed by atoms with Crippen LogP contribution in [-0.4, -0.2) is 10.2 Å². The molecule has 0 bridgehead atoms. The zero-order valence-corrected chi connectivity index (χ0v) is 14.9. The lowest BCUT2D eigenvalue weighted by Gasteiger charge is -2.58. The van der Waals surface area contributed by atoms with Crippen LogP contribution in [0.25, 0.3) is 0 Å². The van der Waals surface area contributed by atoms with Gasteiger partial charge in [-0.15, -0.1) is 0 Å². The van der Waals surface area contributed by atoms with E-state index in [4.69, 9.17) is 0 Å². The molecule has 1 aromatic carbocycles. The minimum Gasteiger partial charge on any atom is -0.508 e. The van der Waals surface area contributed by atoms with Crippen LogP contribution in [0.15, 0.2) is 29.8 Å². The molecule has 2 N–H and O–H groups in total. The molecule has 0 heterocycles. The Morgan fingerprint density at radius 3 is 2.65 bits per heavy atom. The Morgan fingerprint density at radius 2 is 1.91 bits per heavy atom. The summed E-state index contributed by atoms with van der Waals surface area (Å²) in [6, 6.07) is 4.92. The van der Waals surface area contributed by atoms with Gasteiger partial charge in [0.25, 0.3) is 0 Å². The molecule has 1 aromatic rings. The van der Waals surface area contributed by atoms with Gasteiger partial charge in [0.05, 0.1) is 0 Å². The smallest absolute Gasteiger partial charge is 0.119 e. The summed E-state index contributed by atoms with van der Waals surface area (Å²) in [6.07, 6.45) is 8.16. The van der Waals surface area contributed by atoms with Crippen LogP contribution in [0, 0.1) is 22.7 Å². The van der Waals surface area contributed by atoms with E-state index in [-0.39, 0.29) is 16.6 Å². The van der Waals surface area contributed by atoms with E-state index in [0.29, 0.717) is 17.6 Å². The average Bonchev–Trinajstić information content (AvgIpc) is 2.50. The fourth-order valence-electron chi connectivity index (χ4n) is 5.33. The topological polar surface area (TPSA) is 40.5 Å². The molecule has 2 aliphatic carbocycles. The molecule has 2 aliphatic rings. The summed E-state index contributed by atoms with van der Waals surface area (Å²) in [5.74, 6) is 1.80. The van der Waals surface area contributed by atoms with Gasteiger partial charge in [-0.05, 0) is 85.5 Å². The van der Waals surface area contributed by atoms with Crippen LogP contribution in [0.1, 0.15) is 58.9 Å². The van der Waals surface area contributed by atoms with E-state index >= 15 is 0 Å². The molecule has 2 heteroatoms. The standard InChI is InChI=1S/C21H30O2/c1-14-6-5-7-19-20(14,3)11-10-15(2)21(19,4)13-16-12-17(22)8-9-18(16)23/h6,8-9,12,15,19,22-23H,5,7,10-11,13H2,1-4H3/t15-,19-,20-,21+/m0/s1. The number of rotatable bonds is 2. The summed E-state index contributed by atoms with van der Waals surface area (Å²) in [5.41, 5.74) is 2.86. The van der Waals surface area contributed by atoms with Crippen molar-refractivity contribution in [3.63, 3.8) is 0 Å². The molecule has 23 heavy (non-hydrogen) atoms. The number of aromatic hydroxyl groups is 2. The molecule has 0 radical (unpaired) electrons. The second-order valence-electron chi connectivity index (χ2n) is 8.37. The lowest BCUT2D eigenvalue weighted by atomic mass is 9.47. The number of benzene rings is 1. The number of fused-ring (bicyclic) bond motifs is 1. The molecule has 3 rings (SSSR count). The molecule has 0 aliphatic heterocycles. The van der Waals surface area contributed by atoms with Gasteiger partial charge in [0, 0.05) is 0 Å². The highest BCUT2D eigenvalue weighted by atomic mass is 16.3. The number of phenolic OH excluding ortho intramolecular Hbond substituents is 2. The average molecular weight is 314 g/mol. The van der Waals surface area contributed by atoms with Gasteiger partial charge in [-0.1, -0.05) is 32.4 Å². The van der Waals surface area contributed by atoms with E-state index in [1.54, 1.807) is 23.8 Å². The number of hydrogen-bond donors (Lipinski definition) is 2. The van der Waals surface area contributed by atoms with Crippen LogP contribution in [0.3, 0.4) is 0 Å². The maximum atomic E-state index is 10.3. The Balaban J connectivity index is 2.00. The number of hydrogen-bond acceptors (Lipinski definition) is 2. The first-order valence-electron chi connectivity index (χ1n) is 8.95. The van der Waals surface area contributed by atoms with Crippen LogP contribution in [0.2, 0.25) is 0 Å². The number of allylic oxidation sites excluding steroid dienone is 2. The summed E-state index contributed by atoms with van der Waals surface area (Å²) < 4.78 is 0. The van der Waals surface area contributed by atoms with Gasteiger partial charge in [0.2, 0.25) is 0 Å². The van der Waals surface area contributed by atoms with Crippen LogP contribution < -0.4 is 0 Å². The number of phenols is 2. The molecule has 2 nitrogen and oxygen atoms in total. The third kappa shape index (κ3) is 2.56. The minimum atomic E-state index is 0.147. The van der Waals surface area contributed by atoms with E-state index in [2.05, 4.69) is 33.8 Å². The third-order valence-corrected chi connectivity index (χ3v) is 7.23. The fourth-order valence-corrected chi connectivity index (χ4v) is 5.33. The third-order valence-electron chi connectivity index (χ3n) is 7.23. The van der Waals surface area contributed by atoms with Crippen molar-refractivity contribution in [2.75, 3.05) is 0 Å². The fraction of sp³-hybridized carbons (Fsp3) is 0.619. The Kier molecular flexibility index (Phi) is 3.98. The van der Waals surface area contributed by atoms with Gasteiger partial charge in [0.15, 0.2) is 0 Å². The van der Waals surface area contributed by atoms with E-state index in [1.807, 2.05) is 0 Å². The summed E-state index contributed by atoms with van der Waals surface area (Å²) in [4.78, 5) is 0. The molecular formula is C21H30O2. The molecule has 0 aromatic heterocycles. The van der Waals surface area contributed by atoms with Crippen molar-refractivity contribution >= 4 is 0 Å². The van der Waals surface area contributed by atoms with Gasteiger partial charge in [-0.25, -0.2) is 0 Å². The van der Waals surface area contributed by atoms with Crippen LogP contribution in [0.4, 0.5) is 0 Å². The lowest BCUT2D eigenvalue weighted by Crippen LogP contribution is -2.50. The van der Waals surface area contributed by atoms with Crippen molar-refractivity contribution < 1.29 is 10.2 Å². The normalized spacial score (nSPS) is 37.1. The maximum Gasteiger partial charge on any atom is 0.119 e. The van der Waals surface area contributed by atoms with Crippen LogP contribution in [-0.2, 0) is 6.42 Å². The van der Waals surface area contributed by atoms with E-state index in [0.717, 1.165) is 12.0 Å². The summed E-state index contributed by atoms with van der Waals surface area (Å²) >= 11 is 0. The first-order chi connectivity index (χ1) is 10.8. The molecular weight excluding hydrogens is 284 g/mol. The van der Waals surface area contributed by atoms with Crippen molar-refractivity contribution in [3.8, 4) is 11.5 Å². The largest absolute Gasteiger partial charge is 0.508 e. The highest BCUT2D eigenvalue weighted by Gasteiger charge is 2.53. The summed E-state index contributed by atoms with van der Waals surface area (Å²) in [5, 5.41) is 20.1. The van der Waals surface area contributed by atoms with Gasteiger partial charge < -0.3 is 10.2 Å². The molecule has 0 unspecified atom stereocenters. The van der Waals surface area contributed by atoms with Crippen LogP contribution in [0.5, 0.6) is 11.5 Å². The van der Waals surface area contributed by atoms with Gasteiger partial charge >= 0.3 is 0 Å². The summed E-state index contributed by atoms with van der Waals surface area (Å²) in [7, 11) is 0. The zero-order valence-electron chi connectivity index (χ0n) is 14.9. The first-order valence-corrected chi connectivity index (χ1v) is 8.95. The predicted molar refractivity (Wildman–Crippen MR) is 94.6 cm³/mol. The van der Waals surface area contributed by atoms with Crippen molar-refractivity contribution in [3.05, 3.63) is 35.4 Å². The van der Waals surface area contributed by atoms with Gasteiger partial charge in [-0.3, -0.25) is 0 Å². The highest BCUT2D eigenvalue weighted by Crippen LogP contribution is 2.61.